The molecule has 2 aromatic heterocycles. The monoisotopic (exact) mass is 363 g/mol. The molecular weight excluding hydrogens is 347 g/mol. The molecule has 0 aliphatic heterocycles. The van der Waals surface area contributed by atoms with Gasteiger partial charge >= 0.3 is 6.18 Å². The quantitative estimate of drug-likeness (QED) is 0.831. The van der Waals surface area contributed by atoms with Crippen molar-refractivity contribution in [1.29, 1.82) is 0 Å². The Bertz CT molecular complexity index is 750. The lowest BCUT2D eigenvalue weighted by atomic mass is 10.3. The molecule has 1 N–H and O–H groups in total. The minimum absolute atomic E-state index is 0.131. The molecule has 10 heteroatoms. The number of nitrogens with one attached hydrogen (secondary N) is 1. The number of alkyl halides is 3. The number of halogens is 4. The lowest BCUT2D eigenvalue weighted by Gasteiger charge is -2.06. The topological polar surface area (TPSA) is 64.7 Å². The first kappa shape index (κ1) is 18.3. The Kier molecular flexibility index (Phi) is 5.22. The Morgan fingerprint density at radius 3 is 2.50 bits per heavy atom. The van der Waals surface area contributed by atoms with Gasteiger partial charge in [-0.25, -0.2) is 0 Å². The average molecular weight is 364 g/mol. The van der Waals surface area contributed by atoms with Crippen molar-refractivity contribution in [2.75, 3.05) is 6.54 Å². The van der Waals surface area contributed by atoms with Crippen LogP contribution in [0.3, 0.4) is 0 Å². The van der Waals surface area contributed by atoms with Gasteiger partial charge in [0.05, 0.1) is 10.7 Å². The zero-order valence-electron chi connectivity index (χ0n) is 13.4. The molecule has 1 amide bonds. The van der Waals surface area contributed by atoms with Gasteiger partial charge in [0.2, 0.25) is 0 Å². The minimum atomic E-state index is -4.46. The average Bonchev–Trinajstić information content (AvgIpc) is 2.99. The molecule has 0 aliphatic rings. The Labute approximate surface area is 141 Å². The third kappa shape index (κ3) is 3.89. The predicted molar refractivity (Wildman–Crippen MR) is 81.9 cm³/mol. The van der Waals surface area contributed by atoms with Crippen molar-refractivity contribution in [3.63, 3.8) is 0 Å². The summed E-state index contributed by atoms with van der Waals surface area (Å²) in [6.45, 7) is 3.82. The van der Waals surface area contributed by atoms with Crippen LogP contribution in [-0.4, -0.2) is 32.0 Å². The number of hydrogen-bond acceptors (Lipinski definition) is 3. The van der Waals surface area contributed by atoms with E-state index in [1.807, 2.05) is 0 Å². The fraction of sp³-hybridized carbons (Fsp3) is 0.500. The summed E-state index contributed by atoms with van der Waals surface area (Å²) >= 11 is 6.02. The molecular formula is C14H17ClF3N5O. The third-order valence-electron chi connectivity index (χ3n) is 3.58. The maximum Gasteiger partial charge on any atom is 0.435 e. The molecule has 0 spiro atoms. The second-order valence-electron chi connectivity index (χ2n) is 5.37. The number of aromatic nitrogens is 4. The Balaban J connectivity index is 1.88. The molecule has 0 atom stereocenters. The van der Waals surface area contributed by atoms with Gasteiger partial charge in [0.15, 0.2) is 11.4 Å². The van der Waals surface area contributed by atoms with Gasteiger partial charge in [0.1, 0.15) is 0 Å². The van der Waals surface area contributed by atoms with Crippen LogP contribution in [0.15, 0.2) is 6.07 Å². The van der Waals surface area contributed by atoms with Crippen LogP contribution >= 0.6 is 11.6 Å². The van der Waals surface area contributed by atoms with E-state index >= 15 is 0 Å². The number of rotatable bonds is 5. The summed E-state index contributed by atoms with van der Waals surface area (Å²) in [5, 5.41) is 10.5. The summed E-state index contributed by atoms with van der Waals surface area (Å²) < 4.78 is 40.5. The van der Waals surface area contributed by atoms with E-state index in [9.17, 15) is 18.0 Å². The number of nitrogens with zero attached hydrogens (tertiary/aromatic N) is 4. The molecule has 0 radical (unpaired) electrons. The first-order valence-corrected chi connectivity index (χ1v) is 7.58. The normalized spacial score (nSPS) is 11.8. The van der Waals surface area contributed by atoms with Crippen LogP contribution in [0.25, 0.3) is 0 Å². The standard InChI is InChI=1S/C14H17ClF3N5O/c1-8-7-10(14(16,17)18)20-23(8)6-4-5-19-13(24)12-11(15)9(2)22(3)21-12/h7H,4-6H2,1-3H3,(H,19,24). The van der Waals surface area contributed by atoms with Gasteiger partial charge < -0.3 is 5.32 Å². The highest BCUT2D eigenvalue weighted by atomic mass is 35.5. The molecule has 0 bridgehead atoms. The van der Waals surface area contributed by atoms with Crippen LogP contribution in [0.2, 0.25) is 5.02 Å². The SMILES string of the molecule is Cc1c(Cl)c(C(=O)NCCCn2nc(C(F)(F)F)cc2C)nn1C. The molecule has 6 nitrogen and oxygen atoms in total. The van der Waals surface area contributed by atoms with Crippen molar-refractivity contribution < 1.29 is 18.0 Å². The van der Waals surface area contributed by atoms with Gasteiger partial charge in [-0.1, -0.05) is 11.6 Å². The Hall–Kier alpha value is -2.03. The molecule has 24 heavy (non-hydrogen) atoms. The van der Waals surface area contributed by atoms with E-state index in [4.69, 9.17) is 11.6 Å². The fourth-order valence-electron chi connectivity index (χ4n) is 2.12. The van der Waals surface area contributed by atoms with E-state index in [1.165, 1.54) is 9.36 Å². The smallest absolute Gasteiger partial charge is 0.351 e. The zero-order chi connectivity index (χ0) is 18.1. The van der Waals surface area contributed by atoms with Crippen molar-refractivity contribution in [2.24, 2.45) is 7.05 Å². The molecule has 0 saturated carbocycles. The van der Waals surface area contributed by atoms with Gasteiger partial charge in [-0.05, 0) is 26.3 Å². The maximum atomic E-state index is 12.6. The maximum absolute atomic E-state index is 12.6. The zero-order valence-corrected chi connectivity index (χ0v) is 14.2. The summed E-state index contributed by atoms with van der Waals surface area (Å²) in [4.78, 5) is 12.0. The highest BCUT2D eigenvalue weighted by Crippen LogP contribution is 2.28. The fourth-order valence-corrected chi connectivity index (χ4v) is 2.36. The van der Waals surface area contributed by atoms with Crippen molar-refractivity contribution in [3.05, 3.63) is 33.9 Å². The summed E-state index contributed by atoms with van der Waals surface area (Å²) in [6, 6.07) is 0.995. The van der Waals surface area contributed by atoms with Gasteiger partial charge in [-0.15, -0.1) is 0 Å². The van der Waals surface area contributed by atoms with Crippen molar-refractivity contribution in [3.8, 4) is 0 Å². The van der Waals surface area contributed by atoms with Gasteiger partial charge in [-0.3, -0.25) is 14.2 Å². The van der Waals surface area contributed by atoms with Crippen molar-refractivity contribution >= 4 is 17.5 Å². The van der Waals surface area contributed by atoms with E-state index in [0.717, 1.165) is 6.07 Å². The van der Waals surface area contributed by atoms with Crippen LogP contribution in [-0.2, 0) is 19.8 Å². The number of amides is 1. The summed E-state index contributed by atoms with van der Waals surface area (Å²) in [6.07, 6.45) is -4.03. The molecule has 0 aliphatic carbocycles. The molecule has 2 heterocycles. The van der Waals surface area contributed by atoms with E-state index in [2.05, 4.69) is 15.5 Å². The molecule has 0 aromatic carbocycles. The number of carbonyl (C=O) groups excluding carboxylic acids is 1. The van der Waals surface area contributed by atoms with Crippen molar-refractivity contribution in [2.45, 2.75) is 33.0 Å². The number of aryl methyl sites for hydroxylation is 3. The van der Waals surface area contributed by atoms with Crippen LogP contribution in [0, 0.1) is 13.8 Å². The molecule has 2 rings (SSSR count). The number of hydrogen-bond donors (Lipinski definition) is 1. The predicted octanol–water partition coefficient (Wildman–Crippen LogP) is 2.73. The van der Waals surface area contributed by atoms with Gasteiger partial charge in [-0.2, -0.15) is 23.4 Å². The summed E-state index contributed by atoms with van der Waals surface area (Å²) in [5.41, 5.74) is 0.303. The van der Waals surface area contributed by atoms with Crippen LogP contribution in [0.1, 0.15) is 34.0 Å². The highest BCUT2D eigenvalue weighted by Gasteiger charge is 2.34. The minimum Gasteiger partial charge on any atom is -0.351 e. The van der Waals surface area contributed by atoms with E-state index in [1.54, 1.807) is 20.9 Å². The highest BCUT2D eigenvalue weighted by molar-refractivity contribution is 6.34. The third-order valence-corrected chi connectivity index (χ3v) is 4.03. The lowest BCUT2D eigenvalue weighted by Crippen LogP contribution is -2.26. The Morgan fingerprint density at radius 2 is 2.00 bits per heavy atom. The molecule has 2 aromatic rings. The number of carbonyl (C=O) groups is 1. The largest absolute Gasteiger partial charge is 0.435 e. The van der Waals surface area contributed by atoms with Crippen LogP contribution < -0.4 is 5.32 Å². The molecule has 0 unspecified atom stereocenters. The summed E-state index contributed by atoms with van der Waals surface area (Å²) in [7, 11) is 1.68. The second kappa shape index (κ2) is 6.84. The Morgan fingerprint density at radius 1 is 1.33 bits per heavy atom. The first-order chi connectivity index (χ1) is 11.1. The molecule has 0 saturated heterocycles. The lowest BCUT2D eigenvalue weighted by molar-refractivity contribution is -0.141. The molecule has 132 valence electrons. The molecule has 0 fully saturated rings. The van der Waals surface area contributed by atoms with Crippen molar-refractivity contribution in [1.82, 2.24) is 24.9 Å². The van der Waals surface area contributed by atoms with E-state index < -0.39 is 17.8 Å². The van der Waals surface area contributed by atoms with Gasteiger partial charge in [0, 0.05) is 25.8 Å². The van der Waals surface area contributed by atoms with Gasteiger partial charge in [0.25, 0.3) is 5.91 Å². The van der Waals surface area contributed by atoms with E-state index in [0.29, 0.717) is 17.8 Å². The van der Waals surface area contributed by atoms with Crippen LogP contribution in [0.5, 0.6) is 0 Å². The van der Waals surface area contributed by atoms with Crippen LogP contribution in [0.4, 0.5) is 13.2 Å². The first-order valence-electron chi connectivity index (χ1n) is 7.20. The van der Waals surface area contributed by atoms with E-state index in [-0.39, 0.29) is 23.8 Å². The summed E-state index contributed by atoms with van der Waals surface area (Å²) in [5.74, 6) is -0.420. The second-order valence-corrected chi connectivity index (χ2v) is 5.75.